The van der Waals surface area contributed by atoms with Gasteiger partial charge in [0.2, 0.25) is 0 Å². The first-order valence-electron chi connectivity index (χ1n) is 17.3. The molecule has 0 aliphatic rings. The average molecular weight is 585 g/mol. The summed E-state index contributed by atoms with van der Waals surface area (Å²) in [6.07, 6.45) is 32.4. The second-order valence-corrected chi connectivity index (χ2v) is 11.2. The van der Waals surface area contributed by atoms with Crippen molar-refractivity contribution in [1.29, 1.82) is 0 Å². The molecule has 1 atom stereocenters. The van der Waals surface area contributed by atoms with E-state index >= 15 is 0 Å². The maximum atomic E-state index is 11.3. The topological polar surface area (TPSA) is 93.1 Å². The molecule has 6 nitrogen and oxygen atoms in total. The van der Waals surface area contributed by atoms with Crippen LogP contribution >= 0.6 is 0 Å². The van der Waals surface area contributed by atoms with E-state index in [1.165, 1.54) is 116 Å². The molecule has 0 saturated carbocycles. The third-order valence-electron chi connectivity index (χ3n) is 7.08. The Morgan fingerprint density at radius 2 is 0.927 bits per heavy atom. The quantitative estimate of drug-likeness (QED) is 0.0517. The number of hydrogen-bond acceptors (Lipinski definition) is 6. The smallest absolute Gasteiger partial charge is 0.305 e. The van der Waals surface area contributed by atoms with E-state index in [1.807, 2.05) is 6.92 Å². The lowest BCUT2D eigenvalue weighted by Gasteiger charge is -2.08. The van der Waals surface area contributed by atoms with Crippen molar-refractivity contribution in [2.75, 3.05) is 19.8 Å². The second-order valence-electron chi connectivity index (χ2n) is 11.2. The van der Waals surface area contributed by atoms with Crippen LogP contribution in [0.25, 0.3) is 0 Å². The summed E-state index contributed by atoms with van der Waals surface area (Å²) >= 11 is 0. The third-order valence-corrected chi connectivity index (χ3v) is 7.08. The van der Waals surface area contributed by atoms with E-state index in [0.717, 1.165) is 25.7 Å². The van der Waals surface area contributed by atoms with E-state index in [1.54, 1.807) is 0 Å². The minimum Gasteiger partial charge on any atom is -0.466 e. The van der Waals surface area contributed by atoms with E-state index in [-0.39, 0.29) is 25.2 Å². The zero-order valence-corrected chi connectivity index (χ0v) is 27.4. The molecule has 2 N–H and O–H groups in total. The molecule has 0 fully saturated rings. The Morgan fingerprint density at radius 1 is 0.561 bits per heavy atom. The van der Waals surface area contributed by atoms with E-state index in [0.29, 0.717) is 19.4 Å². The maximum absolute atomic E-state index is 11.3. The molecule has 6 heteroatoms. The zero-order chi connectivity index (χ0) is 30.7. The molecule has 0 spiro atoms. The zero-order valence-electron chi connectivity index (χ0n) is 27.4. The molecular weight excluding hydrogens is 516 g/mol. The first-order valence-corrected chi connectivity index (χ1v) is 17.3. The molecule has 0 heterocycles. The number of hydrogen-bond donors (Lipinski definition) is 2. The standard InChI is InChI=1S/C20H38O2.C15H30O4/c1-3-5-6-7-8-9-10-11-12-13-14-15-16-17-18-19-20(21)22-4-2;1-2-3-4-5-6-7-8-9-10-11-15(18)19-13-14(17)12-16/h11-12H,3-10,13-19H2,1-2H3;14,16-17H,2-13H2,1H3/b12-11-;. The fourth-order valence-corrected chi connectivity index (χ4v) is 4.47. The summed E-state index contributed by atoms with van der Waals surface area (Å²) in [7, 11) is 0. The van der Waals surface area contributed by atoms with Crippen LogP contribution in [0, 0.1) is 0 Å². The number of aliphatic hydroxyl groups is 2. The molecule has 0 aromatic rings. The highest BCUT2D eigenvalue weighted by Crippen LogP contribution is 2.12. The molecule has 0 aromatic carbocycles. The van der Waals surface area contributed by atoms with Crippen LogP contribution in [0.3, 0.4) is 0 Å². The van der Waals surface area contributed by atoms with Crippen molar-refractivity contribution in [1.82, 2.24) is 0 Å². The van der Waals surface area contributed by atoms with Gasteiger partial charge in [0.05, 0.1) is 13.2 Å². The summed E-state index contributed by atoms with van der Waals surface area (Å²) in [6, 6.07) is 0. The SMILES string of the molecule is CCCCCCCC/C=C\CCCCCCCC(=O)OCC.CCCCCCCCCCCC(=O)OCC(O)CO. The van der Waals surface area contributed by atoms with Gasteiger partial charge in [0.1, 0.15) is 12.7 Å². The highest BCUT2D eigenvalue weighted by molar-refractivity contribution is 5.69. The van der Waals surface area contributed by atoms with Crippen molar-refractivity contribution in [3.63, 3.8) is 0 Å². The van der Waals surface area contributed by atoms with Crippen LogP contribution in [0.4, 0.5) is 0 Å². The largest absolute Gasteiger partial charge is 0.466 e. The molecule has 0 amide bonds. The molecule has 0 rings (SSSR count). The van der Waals surface area contributed by atoms with Gasteiger partial charge in [-0.25, -0.2) is 0 Å². The monoisotopic (exact) mass is 585 g/mol. The number of allylic oxidation sites excluding steroid dienone is 2. The summed E-state index contributed by atoms with van der Waals surface area (Å²) < 4.78 is 9.73. The van der Waals surface area contributed by atoms with Crippen LogP contribution in [0.1, 0.15) is 175 Å². The highest BCUT2D eigenvalue weighted by atomic mass is 16.5. The van der Waals surface area contributed by atoms with Crippen LogP contribution in [-0.4, -0.2) is 48.1 Å². The van der Waals surface area contributed by atoms with Gasteiger partial charge in [-0.05, 0) is 45.4 Å². The molecule has 0 aliphatic heterocycles. The lowest BCUT2D eigenvalue weighted by molar-refractivity contribution is -0.147. The van der Waals surface area contributed by atoms with Gasteiger partial charge in [0, 0.05) is 12.8 Å². The van der Waals surface area contributed by atoms with Crippen molar-refractivity contribution in [2.24, 2.45) is 0 Å². The third kappa shape index (κ3) is 38.6. The highest BCUT2D eigenvalue weighted by Gasteiger charge is 2.07. The minimum absolute atomic E-state index is 0.0415. The second kappa shape index (κ2) is 36.6. The van der Waals surface area contributed by atoms with Gasteiger partial charge in [-0.3, -0.25) is 9.59 Å². The lowest BCUT2D eigenvalue weighted by atomic mass is 10.1. The first kappa shape index (κ1) is 41.7. The van der Waals surface area contributed by atoms with Gasteiger partial charge >= 0.3 is 11.9 Å². The molecular formula is C35H68O6. The van der Waals surface area contributed by atoms with E-state index < -0.39 is 6.10 Å². The number of esters is 2. The van der Waals surface area contributed by atoms with Crippen LogP contribution < -0.4 is 0 Å². The number of carbonyl (C=O) groups excluding carboxylic acids is 2. The van der Waals surface area contributed by atoms with Gasteiger partial charge in [0.25, 0.3) is 0 Å². The van der Waals surface area contributed by atoms with Crippen molar-refractivity contribution < 1.29 is 29.3 Å². The van der Waals surface area contributed by atoms with Crippen molar-refractivity contribution in [3.05, 3.63) is 12.2 Å². The van der Waals surface area contributed by atoms with E-state index in [2.05, 4.69) is 26.0 Å². The van der Waals surface area contributed by atoms with Crippen LogP contribution in [0.2, 0.25) is 0 Å². The summed E-state index contributed by atoms with van der Waals surface area (Å²) in [6.45, 7) is 6.38. The molecule has 0 bridgehead atoms. The molecule has 0 aliphatic carbocycles. The molecule has 1 unspecified atom stereocenters. The van der Waals surface area contributed by atoms with Crippen LogP contribution in [-0.2, 0) is 19.1 Å². The number of ether oxygens (including phenoxy) is 2. The number of aliphatic hydroxyl groups excluding tert-OH is 2. The summed E-state index contributed by atoms with van der Waals surface area (Å²) in [5.74, 6) is -0.324. The molecule has 41 heavy (non-hydrogen) atoms. The Bertz CT molecular complexity index is 563. The molecule has 0 aromatic heterocycles. The molecule has 0 saturated heterocycles. The van der Waals surface area contributed by atoms with Gasteiger partial charge in [-0.15, -0.1) is 0 Å². The van der Waals surface area contributed by atoms with Crippen molar-refractivity contribution >= 4 is 11.9 Å². The minimum atomic E-state index is -0.952. The predicted octanol–water partition coefficient (Wildman–Crippen LogP) is 9.39. The van der Waals surface area contributed by atoms with E-state index in [4.69, 9.17) is 19.7 Å². The Morgan fingerprint density at radius 3 is 1.32 bits per heavy atom. The van der Waals surface area contributed by atoms with Crippen molar-refractivity contribution in [2.45, 2.75) is 181 Å². The summed E-state index contributed by atoms with van der Waals surface area (Å²) in [4.78, 5) is 22.4. The predicted molar refractivity (Wildman–Crippen MR) is 172 cm³/mol. The Labute approximate surface area is 254 Å². The normalized spacial score (nSPS) is 11.7. The molecule has 0 radical (unpaired) electrons. The Kier molecular flexibility index (Phi) is 37.3. The Balaban J connectivity index is 0. The summed E-state index contributed by atoms with van der Waals surface area (Å²) in [5.41, 5.74) is 0. The van der Waals surface area contributed by atoms with Crippen LogP contribution in [0.15, 0.2) is 12.2 Å². The van der Waals surface area contributed by atoms with Gasteiger partial charge in [-0.2, -0.15) is 0 Å². The van der Waals surface area contributed by atoms with Gasteiger partial charge in [0.15, 0.2) is 0 Å². The van der Waals surface area contributed by atoms with Crippen molar-refractivity contribution in [3.8, 4) is 0 Å². The first-order chi connectivity index (χ1) is 20.0. The molecule has 244 valence electrons. The van der Waals surface area contributed by atoms with Crippen LogP contribution in [0.5, 0.6) is 0 Å². The number of rotatable bonds is 29. The number of unbranched alkanes of at least 4 members (excludes halogenated alkanes) is 19. The number of carbonyl (C=O) groups is 2. The summed E-state index contributed by atoms with van der Waals surface area (Å²) in [5, 5.41) is 17.6. The fraction of sp³-hybridized carbons (Fsp3) is 0.886. The maximum Gasteiger partial charge on any atom is 0.305 e. The van der Waals surface area contributed by atoms with E-state index in [9.17, 15) is 9.59 Å². The fourth-order valence-electron chi connectivity index (χ4n) is 4.47. The van der Waals surface area contributed by atoms with Gasteiger partial charge in [-0.1, -0.05) is 129 Å². The lowest BCUT2D eigenvalue weighted by Crippen LogP contribution is -2.21. The Hall–Kier alpha value is -1.40. The average Bonchev–Trinajstić information content (AvgIpc) is 2.97. The van der Waals surface area contributed by atoms with Gasteiger partial charge < -0.3 is 19.7 Å².